The smallest absolute Gasteiger partial charge is 0.187 e. The fraction of sp³-hybridized carbons (Fsp3) is 0.250. The van der Waals surface area contributed by atoms with E-state index in [9.17, 15) is 13.2 Å². The van der Waals surface area contributed by atoms with Crippen molar-refractivity contribution < 1.29 is 13.2 Å². The molecule has 1 rings (SSSR count). The third-order valence-electron chi connectivity index (χ3n) is 1.51. The summed E-state index contributed by atoms with van der Waals surface area (Å²) < 4.78 is 22.7. The van der Waals surface area contributed by atoms with Crippen LogP contribution in [0.4, 0.5) is 0 Å². The van der Waals surface area contributed by atoms with Crippen molar-refractivity contribution in [2.75, 3.05) is 11.5 Å². The predicted octanol–water partition coefficient (Wildman–Crippen LogP) is 0.632. The Morgan fingerprint density at radius 1 is 1.47 bits per heavy atom. The summed E-state index contributed by atoms with van der Waals surface area (Å²) in [5, 5.41) is 1.72. The lowest BCUT2D eigenvalue weighted by atomic mass is 10.4. The van der Waals surface area contributed by atoms with Gasteiger partial charge in [0.15, 0.2) is 15.6 Å². The van der Waals surface area contributed by atoms with Gasteiger partial charge in [0.2, 0.25) is 0 Å². The highest BCUT2D eigenvalue weighted by molar-refractivity contribution is 7.94. The Morgan fingerprint density at radius 2 is 2.13 bits per heavy atom. The minimum absolute atomic E-state index is 0.117. The van der Waals surface area contributed by atoms with Crippen molar-refractivity contribution in [3.63, 3.8) is 0 Å². The highest BCUT2D eigenvalue weighted by Gasteiger charge is 2.19. The Labute approximate surface area is 97.0 Å². The van der Waals surface area contributed by atoms with E-state index in [2.05, 4.69) is 12.2 Å². The third kappa shape index (κ3) is 4.06. The van der Waals surface area contributed by atoms with E-state index in [-0.39, 0.29) is 4.99 Å². The van der Waals surface area contributed by atoms with Crippen molar-refractivity contribution in [1.82, 2.24) is 0 Å². The number of carbonyl (C=O) groups excluding carboxylic acids is 1. The molecule has 0 radical (unpaired) electrons. The van der Waals surface area contributed by atoms with Gasteiger partial charge in [-0.3, -0.25) is 4.79 Å². The van der Waals surface area contributed by atoms with Crippen LogP contribution in [0.25, 0.3) is 0 Å². The van der Waals surface area contributed by atoms with Gasteiger partial charge in [-0.05, 0) is 11.4 Å². The van der Waals surface area contributed by atoms with Gasteiger partial charge in [0, 0.05) is 0 Å². The number of sulfone groups is 1. The molecule has 0 aromatic carbocycles. The summed E-state index contributed by atoms with van der Waals surface area (Å²) in [6.45, 7) is 0. The van der Waals surface area contributed by atoms with Crippen molar-refractivity contribution in [1.29, 1.82) is 0 Å². The van der Waals surface area contributed by atoms with Gasteiger partial charge in [0.05, 0.1) is 9.87 Å². The summed E-state index contributed by atoms with van der Waals surface area (Å²) >= 11 is 5.70. The van der Waals surface area contributed by atoms with E-state index in [0.29, 0.717) is 4.88 Å². The number of hydrogen-bond acceptors (Lipinski definition) is 5. The van der Waals surface area contributed by atoms with E-state index in [1.54, 1.807) is 17.5 Å². The Morgan fingerprint density at radius 3 is 2.60 bits per heavy atom. The molecule has 1 aromatic heterocycles. The van der Waals surface area contributed by atoms with Crippen LogP contribution >= 0.6 is 23.6 Å². The van der Waals surface area contributed by atoms with Crippen molar-refractivity contribution in [3.05, 3.63) is 22.4 Å². The van der Waals surface area contributed by atoms with Crippen LogP contribution in [-0.4, -0.2) is 30.7 Å². The lowest BCUT2D eigenvalue weighted by molar-refractivity contribution is 0.102. The largest absolute Gasteiger partial charge is 0.392 e. The molecule has 0 bridgehead atoms. The van der Waals surface area contributed by atoms with Crippen LogP contribution in [0.15, 0.2) is 17.5 Å². The molecule has 0 saturated carbocycles. The van der Waals surface area contributed by atoms with Gasteiger partial charge in [-0.2, -0.15) is 0 Å². The summed E-state index contributed by atoms with van der Waals surface area (Å²) in [6, 6.07) is 3.28. The van der Waals surface area contributed by atoms with E-state index in [0.717, 1.165) is 0 Å². The minimum Gasteiger partial charge on any atom is -0.392 e. The molecule has 0 aliphatic heterocycles. The Balaban J connectivity index is 2.71. The first-order valence-corrected chi connectivity index (χ1v) is 7.07. The maximum absolute atomic E-state index is 11.5. The molecule has 4 nitrogen and oxygen atoms in total. The molecule has 15 heavy (non-hydrogen) atoms. The number of carbonyl (C=O) groups is 1. The SMILES string of the molecule is NC(=S)CS(=O)(=O)CC(=O)c1cccs1. The Kier molecular flexibility index (Phi) is 3.95. The number of thiocarbonyl (C=S) groups is 1. The Hall–Kier alpha value is -0.790. The van der Waals surface area contributed by atoms with Crippen LogP contribution < -0.4 is 5.73 Å². The highest BCUT2D eigenvalue weighted by Crippen LogP contribution is 2.10. The first-order chi connectivity index (χ1) is 6.91. The standard InChI is InChI=1S/C8H9NO3S3/c9-8(13)5-15(11,12)4-6(10)7-2-1-3-14-7/h1-3H,4-5H2,(H2,9,13). The molecule has 0 aliphatic rings. The summed E-state index contributed by atoms with van der Waals surface area (Å²) in [7, 11) is -3.52. The van der Waals surface area contributed by atoms with Crippen molar-refractivity contribution in [2.24, 2.45) is 5.73 Å². The quantitative estimate of drug-likeness (QED) is 0.623. The molecular weight excluding hydrogens is 254 g/mol. The molecule has 0 atom stereocenters. The lowest BCUT2D eigenvalue weighted by Gasteiger charge is -2.00. The van der Waals surface area contributed by atoms with Gasteiger partial charge in [0.1, 0.15) is 11.5 Å². The zero-order chi connectivity index (χ0) is 11.5. The fourth-order valence-corrected chi connectivity index (χ4v) is 3.36. The number of thiophene rings is 1. The number of rotatable bonds is 5. The van der Waals surface area contributed by atoms with Gasteiger partial charge in [0.25, 0.3) is 0 Å². The van der Waals surface area contributed by atoms with Crippen LogP contribution in [0, 0.1) is 0 Å². The van der Waals surface area contributed by atoms with Gasteiger partial charge >= 0.3 is 0 Å². The van der Waals surface area contributed by atoms with Crippen molar-refractivity contribution in [3.8, 4) is 0 Å². The van der Waals surface area contributed by atoms with Gasteiger partial charge in [-0.25, -0.2) is 8.42 Å². The first-order valence-electron chi connectivity index (χ1n) is 3.96. The second-order valence-corrected chi connectivity index (χ2v) is 6.44. The number of ketones is 1. The molecular formula is C8H9NO3S3. The zero-order valence-electron chi connectivity index (χ0n) is 7.67. The van der Waals surface area contributed by atoms with E-state index in [4.69, 9.17) is 5.73 Å². The number of Topliss-reactive ketones (excluding diaryl/α,β-unsaturated/α-hetero) is 1. The summed E-state index contributed by atoms with van der Waals surface area (Å²) in [6.07, 6.45) is 0. The van der Waals surface area contributed by atoms with Gasteiger partial charge in [-0.15, -0.1) is 11.3 Å². The average molecular weight is 263 g/mol. The second kappa shape index (κ2) is 4.82. The average Bonchev–Trinajstić information content (AvgIpc) is 2.50. The molecule has 0 fully saturated rings. The normalized spacial score (nSPS) is 11.2. The van der Waals surface area contributed by atoms with Crippen LogP contribution in [0.5, 0.6) is 0 Å². The van der Waals surface area contributed by atoms with Crippen LogP contribution in [0.1, 0.15) is 9.67 Å². The summed E-state index contributed by atoms with van der Waals surface area (Å²) in [5.41, 5.74) is 5.12. The molecule has 1 aromatic rings. The first kappa shape index (κ1) is 12.3. The maximum Gasteiger partial charge on any atom is 0.187 e. The van der Waals surface area contributed by atoms with E-state index < -0.39 is 27.1 Å². The van der Waals surface area contributed by atoms with Gasteiger partial charge in [-0.1, -0.05) is 18.3 Å². The number of nitrogens with two attached hydrogens (primary N) is 1. The van der Waals surface area contributed by atoms with Gasteiger partial charge < -0.3 is 5.73 Å². The van der Waals surface area contributed by atoms with E-state index in [1.807, 2.05) is 0 Å². The molecule has 0 unspecified atom stereocenters. The van der Waals surface area contributed by atoms with Crippen molar-refractivity contribution >= 4 is 44.2 Å². The monoisotopic (exact) mass is 263 g/mol. The molecule has 7 heteroatoms. The molecule has 0 spiro atoms. The summed E-state index contributed by atoms with van der Waals surface area (Å²) in [5.74, 6) is -1.37. The fourth-order valence-electron chi connectivity index (χ4n) is 0.976. The van der Waals surface area contributed by atoms with E-state index in [1.165, 1.54) is 11.3 Å². The highest BCUT2D eigenvalue weighted by atomic mass is 32.2. The number of hydrogen-bond donors (Lipinski definition) is 1. The molecule has 1 heterocycles. The predicted molar refractivity (Wildman–Crippen MR) is 64.1 cm³/mol. The topological polar surface area (TPSA) is 77.2 Å². The summed E-state index contributed by atoms with van der Waals surface area (Å²) in [4.78, 5) is 11.8. The molecule has 82 valence electrons. The lowest BCUT2D eigenvalue weighted by Crippen LogP contribution is -2.26. The van der Waals surface area contributed by atoms with E-state index >= 15 is 0 Å². The molecule has 2 N–H and O–H groups in total. The second-order valence-electron chi connectivity index (χ2n) is 2.90. The molecule has 0 aliphatic carbocycles. The molecule has 0 amide bonds. The third-order valence-corrected chi connectivity index (χ3v) is 4.20. The van der Waals surface area contributed by atoms with Crippen LogP contribution in [0.2, 0.25) is 0 Å². The minimum atomic E-state index is -3.52. The Bertz CT molecular complexity index is 461. The van der Waals surface area contributed by atoms with Crippen LogP contribution in [0.3, 0.4) is 0 Å². The maximum atomic E-state index is 11.5. The van der Waals surface area contributed by atoms with Crippen LogP contribution in [-0.2, 0) is 9.84 Å². The zero-order valence-corrected chi connectivity index (χ0v) is 10.1. The molecule has 0 saturated heterocycles. The van der Waals surface area contributed by atoms with Crippen molar-refractivity contribution in [2.45, 2.75) is 0 Å².